The van der Waals surface area contributed by atoms with E-state index in [4.69, 9.17) is 21.1 Å². The molecule has 9 N–H and O–H groups in total. The van der Waals surface area contributed by atoms with Crippen molar-refractivity contribution in [3.63, 3.8) is 0 Å². The second kappa shape index (κ2) is 11.6. The van der Waals surface area contributed by atoms with Crippen molar-refractivity contribution in [1.29, 1.82) is 0 Å². The molecular weight excluding hydrogens is 288 g/mol. The van der Waals surface area contributed by atoms with Gasteiger partial charge in [0.2, 0.25) is 0 Å². The zero-order valence-electron chi connectivity index (χ0n) is 11.4. The quantitative estimate of drug-likeness (QED) is 0.253. The van der Waals surface area contributed by atoms with Gasteiger partial charge in [0.15, 0.2) is 0 Å². The fourth-order valence-corrected chi connectivity index (χ4v) is 0.719. The minimum atomic E-state index is -1.18. The molecule has 2 amide bonds. The molecule has 0 aromatic rings. The lowest BCUT2D eigenvalue weighted by molar-refractivity contribution is -0.141. The predicted octanol–water partition coefficient (Wildman–Crippen LogP) is -3.96. The molecule has 1 fully saturated rings. The summed E-state index contributed by atoms with van der Waals surface area (Å²) in [5, 5.41) is 28.9. The largest absolute Gasteiger partial charge is 0.480 e. The first-order valence-electron chi connectivity index (χ1n) is 5.77. The molecule has 122 valence electrons. The number of nitrogens with one attached hydrogen (secondary N) is 2. The highest BCUT2D eigenvalue weighted by atomic mass is 16.4. The molecule has 2 atom stereocenters. The fourth-order valence-electron chi connectivity index (χ4n) is 0.719. The number of aliphatic carboxylic acids is 2. The van der Waals surface area contributed by atoms with E-state index in [-0.39, 0.29) is 6.54 Å². The van der Waals surface area contributed by atoms with Crippen molar-refractivity contribution in [3.8, 4) is 0 Å². The van der Waals surface area contributed by atoms with Gasteiger partial charge in [0.25, 0.3) is 0 Å². The van der Waals surface area contributed by atoms with Crippen LogP contribution in [0.4, 0.5) is 0 Å². The first-order chi connectivity index (χ1) is 9.63. The van der Waals surface area contributed by atoms with E-state index in [2.05, 4.69) is 16.4 Å². The average Bonchev–Trinajstić information content (AvgIpc) is 2.42. The zero-order valence-corrected chi connectivity index (χ0v) is 11.4. The Labute approximate surface area is 120 Å². The van der Waals surface area contributed by atoms with Crippen LogP contribution in [-0.2, 0) is 19.2 Å². The van der Waals surface area contributed by atoms with E-state index in [0.29, 0.717) is 13.1 Å². The molecule has 1 aliphatic heterocycles. The molecule has 0 aromatic heterocycles. The Morgan fingerprint density at radius 3 is 1.62 bits per heavy atom. The van der Waals surface area contributed by atoms with E-state index in [1.54, 1.807) is 0 Å². The lowest BCUT2D eigenvalue weighted by atomic mass is 10.2. The van der Waals surface area contributed by atoms with Gasteiger partial charge in [-0.1, -0.05) is 0 Å². The molecule has 0 aliphatic carbocycles. The van der Waals surface area contributed by atoms with Crippen LogP contribution in [0.15, 0.2) is 0 Å². The van der Waals surface area contributed by atoms with E-state index in [0.717, 1.165) is 0 Å². The number of carboxylic acid groups (broad SMARTS) is 2. The van der Waals surface area contributed by atoms with Crippen molar-refractivity contribution in [2.24, 2.45) is 11.5 Å². The summed E-state index contributed by atoms with van der Waals surface area (Å²) >= 11 is 0. The first kappa shape index (κ1) is 21.1. The lowest BCUT2D eigenvalue weighted by Crippen LogP contribution is -2.49. The summed E-state index contributed by atoms with van der Waals surface area (Å²) in [5.74, 6) is -3.21. The highest BCUT2D eigenvalue weighted by molar-refractivity contribution is 6.35. The summed E-state index contributed by atoms with van der Waals surface area (Å²) in [4.78, 5) is 39.6. The molecule has 0 saturated carbocycles. The van der Waals surface area contributed by atoms with E-state index < -0.39 is 35.9 Å². The van der Waals surface area contributed by atoms with Crippen LogP contribution >= 0.6 is 0 Å². The van der Waals surface area contributed by atoms with E-state index in [1.165, 1.54) is 6.92 Å². The van der Waals surface area contributed by atoms with Crippen molar-refractivity contribution >= 4 is 23.8 Å². The molecule has 2 unspecified atom stereocenters. The molecular formula is C10H20N4O7. The molecule has 0 aromatic carbocycles. The molecule has 11 nitrogen and oxygen atoms in total. The summed E-state index contributed by atoms with van der Waals surface area (Å²) < 4.78 is 0. The van der Waals surface area contributed by atoms with Gasteiger partial charge in [0, 0.05) is 13.1 Å². The minimum Gasteiger partial charge on any atom is -0.480 e. The summed E-state index contributed by atoms with van der Waals surface area (Å²) in [5.41, 5.74) is 9.48. The van der Waals surface area contributed by atoms with E-state index in [1.807, 2.05) is 0 Å². The Morgan fingerprint density at radius 1 is 1.19 bits per heavy atom. The van der Waals surface area contributed by atoms with Gasteiger partial charge in [0.1, 0.15) is 6.04 Å². The van der Waals surface area contributed by atoms with Gasteiger partial charge < -0.3 is 37.4 Å². The Morgan fingerprint density at radius 2 is 1.52 bits per heavy atom. The number of hydrogen-bond donors (Lipinski definition) is 7. The number of nitrogens with two attached hydrogens (primary N) is 2. The Balaban J connectivity index is 0. The number of piperazine rings is 1. The van der Waals surface area contributed by atoms with Crippen LogP contribution in [0, 0.1) is 0 Å². The summed E-state index contributed by atoms with van der Waals surface area (Å²) in [6, 6.07) is -1.16. The Bertz CT molecular complexity index is 356. The molecule has 0 bridgehead atoms. The molecule has 21 heavy (non-hydrogen) atoms. The van der Waals surface area contributed by atoms with Gasteiger partial charge in [-0.3, -0.25) is 19.2 Å². The van der Waals surface area contributed by atoms with Crippen LogP contribution in [0.5, 0.6) is 0 Å². The van der Waals surface area contributed by atoms with Crippen LogP contribution in [0.3, 0.4) is 0 Å². The maximum Gasteiger partial charge on any atom is 0.323 e. The number of carbonyl (C=O) groups excluding carboxylic acids is 2. The average molecular weight is 308 g/mol. The van der Waals surface area contributed by atoms with Crippen LogP contribution in [0.2, 0.25) is 0 Å². The summed E-state index contributed by atoms with van der Waals surface area (Å²) in [7, 11) is 0. The Hall–Kier alpha value is -2.24. The van der Waals surface area contributed by atoms with Gasteiger partial charge in [0.05, 0.1) is 12.6 Å². The number of hydrogen-bond acceptors (Lipinski definition) is 7. The van der Waals surface area contributed by atoms with Gasteiger partial charge in [-0.05, 0) is 6.92 Å². The van der Waals surface area contributed by atoms with E-state index in [9.17, 15) is 19.2 Å². The highest BCUT2D eigenvalue weighted by Crippen LogP contribution is 1.85. The second-order valence-electron chi connectivity index (χ2n) is 3.71. The Kier molecular flexibility index (Phi) is 11.6. The van der Waals surface area contributed by atoms with Gasteiger partial charge in [-0.2, -0.15) is 0 Å². The monoisotopic (exact) mass is 308 g/mol. The predicted molar refractivity (Wildman–Crippen MR) is 70.0 cm³/mol. The number of carboxylic acids is 2. The first-order valence-corrected chi connectivity index (χ1v) is 5.77. The standard InChI is InChI=1S/C4H6N2O2.C4H9NO3.C2H5NO2/c7-3-4(8)6-2-1-5-3;1-2(6)3(5)4(7)8;3-1-2(4)5/h1-2H2,(H,5,7)(H,6,8);2-3,6H,5H2,1H3,(H,7,8);1,3H2,(H,4,5). The second-order valence-corrected chi connectivity index (χ2v) is 3.71. The molecule has 1 heterocycles. The van der Waals surface area contributed by atoms with Crippen molar-refractivity contribution in [2.45, 2.75) is 19.1 Å². The fraction of sp³-hybridized carbons (Fsp3) is 0.600. The van der Waals surface area contributed by atoms with Gasteiger partial charge in [-0.15, -0.1) is 0 Å². The van der Waals surface area contributed by atoms with Crippen LogP contribution in [0.25, 0.3) is 0 Å². The third kappa shape index (κ3) is 12.5. The molecule has 1 rings (SSSR count). The summed E-state index contributed by atoms with van der Waals surface area (Å²) in [6.07, 6.45) is -0.979. The van der Waals surface area contributed by atoms with Crippen molar-refractivity contribution < 1.29 is 34.5 Å². The van der Waals surface area contributed by atoms with Crippen LogP contribution < -0.4 is 22.1 Å². The third-order valence-electron chi connectivity index (χ3n) is 1.88. The highest BCUT2D eigenvalue weighted by Gasteiger charge is 2.16. The summed E-state index contributed by atoms with van der Waals surface area (Å²) in [6.45, 7) is 2.15. The molecule has 1 saturated heterocycles. The lowest BCUT2D eigenvalue weighted by Gasteiger charge is -2.10. The number of amides is 2. The zero-order chi connectivity index (χ0) is 17.0. The van der Waals surface area contributed by atoms with Crippen molar-refractivity contribution in [3.05, 3.63) is 0 Å². The maximum atomic E-state index is 10.3. The van der Waals surface area contributed by atoms with E-state index >= 15 is 0 Å². The SMILES string of the molecule is CC(O)C(N)C(=O)O.NCC(=O)O.O=C1NCCNC1=O. The molecule has 0 radical (unpaired) electrons. The van der Waals surface area contributed by atoms with Crippen LogP contribution in [0.1, 0.15) is 6.92 Å². The van der Waals surface area contributed by atoms with Gasteiger partial charge in [-0.25, -0.2) is 0 Å². The molecule has 0 spiro atoms. The molecule has 1 aliphatic rings. The van der Waals surface area contributed by atoms with Crippen molar-refractivity contribution in [2.75, 3.05) is 19.6 Å². The van der Waals surface area contributed by atoms with Gasteiger partial charge >= 0.3 is 23.8 Å². The normalized spacial score (nSPS) is 15.8. The van der Waals surface area contributed by atoms with Crippen LogP contribution in [-0.4, -0.2) is 70.9 Å². The van der Waals surface area contributed by atoms with Crippen molar-refractivity contribution in [1.82, 2.24) is 10.6 Å². The number of aliphatic hydroxyl groups is 1. The number of aliphatic hydroxyl groups excluding tert-OH is 1. The maximum absolute atomic E-state index is 10.3. The minimum absolute atomic E-state index is 0.278. The third-order valence-corrected chi connectivity index (χ3v) is 1.88. The topological polar surface area (TPSA) is 205 Å². The number of rotatable bonds is 3. The number of carbonyl (C=O) groups is 4. The smallest absolute Gasteiger partial charge is 0.323 e. The molecule has 11 heteroatoms.